The molecule has 20 heavy (non-hydrogen) atoms. The van der Waals surface area contributed by atoms with Crippen molar-refractivity contribution in [2.45, 2.75) is 26.3 Å². The number of hydrogen-bond acceptors (Lipinski definition) is 3. The summed E-state index contributed by atoms with van der Waals surface area (Å²) in [6.07, 6.45) is 0.109. The fourth-order valence-electron chi connectivity index (χ4n) is 1.75. The van der Waals surface area contributed by atoms with Crippen LogP contribution in [0.15, 0.2) is 18.2 Å². The van der Waals surface area contributed by atoms with Gasteiger partial charge in [-0.3, -0.25) is 9.59 Å². The molecular formula is C15H19N3O2. The zero-order valence-corrected chi connectivity index (χ0v) is 11.7. The van der Waals surface area contributed by atoms with E-state index >= 15 is 0 Å². The number of nitrogens with one attached hydrogen (secondary N) is 1. The Kier molecular flexibility index (Phi) is 5.75. The molecule has 106 valence electrons. The second-order valence-electron chi connectivity index (χ2n) is 4.58. The molecule has 1 atom stereocenters. The van der Waals surface area contributed by atoms with E-state index in [4.69, 9.17) is 11.5 Å². The van der Waals surface area contributed by atoms with Crippen molar-refractivity contribution in [3.05, 3.63) is 34.9 Å². The van der Waals surface area contributed by atoms with Gasteiger partial charge in [0.25, 0.3) is 5.91 Å². The molecule has 5 nitrogen and oxygen atoms in total. The Labute approximate surface area is 118 Å². The Hall–Kier alpha value is -2.32. The van der Waals surface area contributed by atoms with Gasteiger partial charge in [0.05, 0.1) is 6.54 Å². The van der Waals surface area contributed by atoms with E-state index < -0.39 is 5.91 Å². The lowest BCUT2D eigenvalue weighted by Gasteiger charge is -2.13. The van der Waals surface area contributed by atoms with Crippen LogP contribution in [0, 0.1) is 18.8 Å². The van der Waals surface area contributed by atoms with Gasteiger partial charge in [-0.2, -0.15) is 0 Å². The molecule has 0 bridgehead atoms. The zero-order chi connectivity index (χ0) is 15.1. The lowest BCUT2D eigenvalue weighted by Crippen LogP contribution is -2.36. The van der Waals surface area contributed by atoms with Crippen LogP contribution in [-0.2, 0) is 4.79 Å². The summed E-state index contributed by atoms with van der Waals surface area (Å²) < 4.78 is 0. The quantitative estimate of drug-likeness (QED) is 0.688. The molecule has 0 spiro atoms. The molecular weight excluding hydrogens is 254 g/mol. The molecule has 0 aliphatic rings. The van der Waals surface area contributed by atoms with Crippen LogP contribution in [0.3, 0.4) is 0 Å². The first-order chi connectivity index (χ1) is 9.43. The first-order valence-corrected chi connectivity index (χ1v) is 6.32. The maximum atomic E-state index is 12.1. The number of rotatable bonds is 4. The van der Waals surface area contributed by atoms with Crippen LogP contribution in [0.1, 0.15) is 34.8 Å². The molecule has 0 saturated carbocycles. The number of benzene rings is 1. The Morgan fingerprint density at radius 2 is 2.10 bits per heavy atom. The molecule has 0 saturated heterocycles. The number of carbonyl (C=O) groups is 2. The number of amides is 2. The van der Waals surface area contributed by atoms with E-state index in [-0.39, 0.29) is 24.9 Å². The van der Waals surface area contributed by atoms with Crippen molar-refractivity contribution < 1.29 is 9.59 Å². The minimum atomic E-state index is -0.447. The molecule has 2 amide bonds. The number of aryl methyl sites for hydroxylation is 1. The van der Waals surface area contributed by atoms with Gasteiger partial charge in [0, 0.05) is 23.6 Å². The van der Waals surface area contributed by atoms with Crippen LogP contribution in [-0.4, -0.2) is 24.4 Å². The Bertz CT molecular complexity index is 570. The third-order valence-corrected chi connectivity index (χ3v) is 2.70. The Morgan fingerprint density at radius 3 is 2.70 bits per heavy atom. The summed E-state index contributed by atoms with van der Waals surface area (Å²) in [5, 5.41) is 2.74. The van der Waals surface area contributed by atoms with E-state index in [0.29, 0.717) is 5.56 Å². The molecule has 1 rings (SSSR count). The predicted molar refractivity (Wildman–Crippen MR) is 77.9 cm³/mol. The van der Waals surface area contributed by atoms with Gasteiger partial charge in [-0.1, -0.05) is 17.9 Å². The monoisotopic (exact) mass is 273 g/mol. The van der Waals surface area contributed by atoms with E-state index in [0.717, 1.165) is 11.1 Å². The maximum Gasteiger partial charge on any atom is 0.251 e. The topological polar surface area (TPSA) is 98.2 Å². The van der Waals surface area contributed by atoms with Crippen LogP contribution in [0.5, 0.6) is 0 Å². The van der Waals surface area contributed by atoms with E-state index in [2.05, 4.69) is 17.2 Å². The molecule has 0 aliphatic heterocycles. The second kappa shape index (κ2) is 7.31. The van der Waals surface area contributed by atoms with Gasteiger partial charge in [0.2, 0.25) is 5.91 Å². The predicted octanol–water partition coefficient (Wildman–Crippen LogP) is 0.299. The summed E-state index contributed by atoms with van der Waals surface area (Å²) in [5.74, 6) is 4.94. The van der Waals surface area contributed by atoms with Gasteiger partial charge in [-0.25, -0.2) is 0 Å². The van der Waals surface area contributed by atoms with Gasteiger partial charge in [-0.15, -0.1) is 0 Å². The van der Waals surface area contributed by atoms with E-state index in [1.165, 1.54) is 0 Å². The first-order valence-electron chi connectivity index (χ1n) is 6.32. The Morgan fingerprint density at radius 1 is 1.40 bits per heavy atom. The number of nitrogens with two attached hydrogens (primary N) is 2. The minimum absolute atomic E-state index is 0.109. The van der Waals surface area contributed by atoms with Crippen LogP contribution in [0.4, 0.5) is 0 Å². The molecule has 0 aromatic heterocycles. The SMILES string of the molecule is Cc1ccc(C#CCN)cc1C(=O)NC(C)CC(N)=O. The van der Waals surface area contributed by atoms with Crippen LogP contribution < -0.4 is 16.8 Å². The largest absolute Gasteiger partial charge is 0.370 e. The van der Waals surface area contributed by atoms with Crippen molar-refractivity contribution in [2.75, 3.05) is 6.54 Å². The summed E-state index contributed by atoms with van der Waals surface area (Å²) in [5.41, 5.74) is 12.5. The molecule has 0 radical (unpaired) electrons. The maximum absolute atomic E-state index is 12.1. The minimum Gasteiger partial charge on any atom is -0.370 e. The summed E-state index contributed by atoms with van der Waals surface area (Å²) >= 11 is 0. The summed E-state index contributed by atoms with van der Waals surface area (Å²) in [6.45, 7) is 3.84. The van der Waals surface area contributed by atoms with E-state index in [1.807, 2.05) is 19.1 Å². The highest BCUT2D eigenvalue weighted by atomic mass is 16.2. The standard InChI is InChI=1S/C15H19N3O2/c1-10-5-6-12(4-3-7-16)9-13(10)15(20)18-11(2)8-14(17)19/h5-6,9,11H,7-8,16H2,1-2H3,(H2,17,19)(H,18,20). The van der Waals surface area contributed by atoms with Crippen molar-refractivity contribution >= 4 is 11.8 Å². The van der Waals surface area contributed by atoms with Crippen molar-refractivity contribution in [1.29, 1.82) is 0 Å². The normalized spacial score (nSPS) is 11.2. The summed E-state index contributed by atoms with van der Waals surface area (Å²) in [6, 6.07) is 5.07. The molecule has 1 unspecified atom stereocenters. The number of primary amides is 1. The fourth-order valence-corrected chi connectivity index (χ4v) is 1.75. The second-order valence-corrected chi connectivity index (χ2v) is 4.58. The lowest BCUT2D eigenvalue weighted by molar-refractivity contribution is -0.118. The van der Waals surface area contributed by atoms with Crippen molar-refractivity contribution in [3.8, 4) is 11.8 Å². The molecule has 5 heteroatoms. The van der Waals surface area contributed by atoms with Crippen LogP contribution in [0.25, 0.3) is 0 Å². The van der Waals surface area contributed by atoms with E-state index in [9.17, 15) is 9.59 Å². The fraction of sp³-hybridized carbons (Fsp3) is 0.333. The van der Waals surface area contributed by atoms with Gasteiger partial charge >= 0.3 is 0 Å². The molecule has 0 fully saturated rings. The summed E-state index contributed by atoms with van der Waals surface area (Å²) in [4.78, 5) is 23.0. The molecule has 0 aliphatic carbocycles. The average molecular weight is 273 g/mol. The molecule has 0 heterocycles. The summed E-state index contributed by atoms with van der Waals surface area (Å²) in [7, 11) is 0. The van der Waals surface area contributed by atoms with Crippen molar-refractivity contribution in [1.82, 2.24) is 5.32 Å². The smallest absolute Gasteiger partial charge is 0.251 e. The van der Waals surface area contributed by atoms with Crippen LogP contribution >= 0.6 is 0 Å². The number of carbonyl (C=O) groups excluding carboxylic acids is 2. The van der Waals surface area contributed by atoms with Crippen LogP contribution in [0.2, 0.25) is 0 Å². The van der Waals surface area contributed by atoms with Gasteiger partial charge in [0.1, 0.15) is 0 Å². The van der Waals surface area contributed by atoms with Gasteiger partial charge < -0.3 is 16.8 Å². The Balaban J connectivity index is 2.89. The third-order valence-electron chi connectivity index (χ3n) is 2.70. The van der Waals surface area contributed by atoms with E-state index in [1.54, 1.807) is 13.0 Å². The molecule has 5 N–H and O–H groups in total. The average Bonchev–Trinajstić information content (AvgIpc) is 2.36. The number of hydrogen-bond donors (Lipinski definition) is 3. The highest BCUT2D eigenvalue weighted by Gasteiger charge is 2.13. The first kappa shape index (κ1) is 15.7. The lowest BCUT2D eigenvalue weighted by atomic mass is 10.0. The van der Waals surface area contributed by atoms with Gasteiger partial charge in [-0.05, 0) is 31.5 Å². The van der Waals surface area contributed by atoms with Gasteiger partial charge in [0.15, 0.2) is 0 Å². The highest BCUT2D eigenvalue weighted by Crippen LogP contribution is 2.11. The van der Waals surface area contributed by atoms with Crippen molar-refractivity contribution in [2.24, 2.45) is 11.5 Å². The highest BCUT2D eigenvalue weighted by molar-refractivity contribution is 5.96. The zero-order valence-electron chi connectivity index (χ0n) is 11.7. The molecule has 1 aromatic carbocycles. The van der Waals surface area contributed by atoms with Crippen molar-refractivity contribution in [3.63, 3.8) is 0 Å². The molecule has 1 aromatic rings. The third kappa shape index (κ3) is 4.75.